The molecule has 2 aromatic rings. The van der Waals surface area contributed by atoms with E-state index in [2.05, 4.69) is 32.3 Å². The van der Waals surface area contributed by atoms with Gasteiger partial charge in [-0.25, -0.2) is 4.79 Å². The molecule has 24 heavy (non-hydrogen) atoms. The molecule has 0 saturated heterocycles. The van der Waals surface area contributed by atoms with Gasteiger partial charge >= 0.3 is 5.97 Å². The zero-order valence-electron chi connectivity index (χ0n) is 11.8. The molecule has 1 aliphatic heterocycles. The number of thiophene rings is 1. The van der Waals surface area contributed by atoms with Crippen LogP contribution in [0, 0.1) is 11.3 Å². The van der Waals surface area contributed by atoms with Crippen molar-refractivity contribution in [1.82, 2.24) is 5.32 Å². The molecule has 2 heterocycles. The maximum Gasteiger partial charge on any atom is 0.328 e. The van der Waals surface area contributed by atoms with Gasteiger partial charge in [-0.05, 0) is 28.1 Å². The number of nitriles is 1. The lowest BCUT2D eigenvalue weighted by Gasteiger charge is -2.10. The van der Waals surface area contributed by atoms with Gasteiger partial charge in [-0.3, -0.25) is 4.99 Å². The Morgan fingerprint density at radius 1 is 1.50 bits per heavy atom. The number of hydrogen-bond donors (Lipinski definition) is 2. The summed E-state index contributed by atoms with van der Waals surface area (Å²) >= 11 is 16.9. The van der Waals surface area contributed by atoms with Crippen molar-refractivity contribution in [3.8, 4) is 17.2 Å². The number of carbonyl (C=O) groups is 1. The molecule has 0 spiro atoms. The summed E-state index contributed by atoms with van der Waals surface area (Å²) < 4.78 is 0.629. The zero-order valence-corrected chi connectivity index (χ0v) is 15.7. The normalized spacial score (nSPS) is 16.4. The van der Waals surface area contributed by atoms with Crippen molar-refractivity contribution in [2.75, 3.05) is 6.54 Å². The van der Waals surface area contributed by atoms with E-state index in [0.717, 1.165) is 0 Å². The van der Waals surface area contributed by atoms with Crippen LogP contribution in [0.3, 0.4) is 0 Å². The van der Waals surface area contributed by atoms with Gasteiger partial charge in [-0.1, -0.05) is 29.3 Å². The van der Waals surface area contributed by atoms with Crippen LogP contribution < -0.4 is 5.32 Å². The number of nitrogens with zero attached hydrogens (tertiary/aromatic N) is 2. The number of halogens is 3. The first-order valence-electron chi connectivity index (χ1n) is 6.64. The van der Waals surface area contributed by atoms with Crippen molar-refractivity contribution in [2.24, 2.45) is 4.99 Å². The molecule has 0 aliphatic carbocycles. The van der Waals surface area contributed by atoms with Crippen LogP contribution in [0.2, 0.25) is 10.0 Å². The third-order valence-corrected chi connectivity index (χ3v) is 5.85. The quantitative estimate of drug-likeness (QED) is 0.744. The Hall–Kier alpha value is -1.59. The number of carboxylic acids is 1. The lowest BCUT2D eigenvalue weighted by molar-refractivity contribution is -0.138. The smallest absolute Gasteiger partial charge is 0.328 e. The molecule has 2 N–H and O–H groups in total. The first-order chi connectivity index (χ1) is 11.4. The number of amidine groups is 1. The maximum atomic E-state index is 11.1. The van der Waals surface area contributed by atoms with Crippen LogP contribution in [-0.4, -0.2) is 29.5 Å². The molecular weight excluding hydrogens is 437 g/mol. The zero-order chi connectivity index (χ0) is 17.4. The summed E-state index contributed by atoms with van der Waals surface area (Å²) in [6.45, 7) is 0.135. The van der Waals surface area contributed by atoms with Crippen LogP contribution in [0.1, 0.15) is 10.4 Å². The first-order valence-corrected chi connectivity index (χ1v) is 9.01. The fourth-order valence-electron chi connectivity index (χ4n) is 2.34. The Balaban J connectivity index is 2.16. The molecule has 0 radical (unpaired) electrons. The molecule has 1 aromatic heterocycles. The van der Waals surface area contributed by atoms with E-state index in [9.17, 15) is 10.1 Å². The number of nitrogens with one attached hydrogen (secondary N) is 1. The van der Waals surface area contributed by atoms with Crippen molar-refractivity contribution in [3.05, 3.63) is 42.5 Å². The third-order valence-electron chi connectivity index (χ3n) is 3.43. The van der Waals surface area contributed by atoms with Crippen molar-refractivity contribution < 1.29 is 9.90 Å². The number of aliphatic imine (C=N–C) groups is 1. The minimum absolute atomic E-state index is 0.135. The second-order valence-corrected chi connectivity index (χ2v) is 8.10. The highest BCUT2D eigenvalue weighted by Gasteiger charge is 2.30. The number of rotatable bonds is 3. The van der Waals surface area contributed by atoms with E-state index in [1.165, 1.54) is 11.3 Å². The van der Waals surface area contributed by atoms with Gasteiger partial charge < -0.3 is 10.4 Å². The van der Waals surface area contributed by atoms with Crippen LogP contribution in [0.4, 0.5) is 0 Å². The lowest BCUT2D eigenvalue weighted by Crippen LogP contribution is -2.37. The first kappa shape index (κ1) is 17.2. The summed E-state index contributed by atoms with van der Waals surface area (Å²) in [4.78, 5) is 16.0. The standard InChI is InChI=1S/C15H8BrCl2N3O2S/c16-13-8(4-19)11(7-2-1-6(17)3-9(7)18)12(24-13)14-20-5-10(21-14)15(22)23/h1-3,10H,5H2,(H,20,21)(H,22,23). The molecule has 1 unspecified atom stereocenters. The van der Waals surface area contributed by atoms with Crippen LogP contribution in [-0.2, 0) is 4.79 Å². The van der Waals surface area contributed by atoms with E-state index in [-0.39, 0.29) is 6.54 Å². The summed E-state index contributed by atoms with van der Waals surface area (Å²) in [5, 5.41) is 22.4. The van der Waals surface area contributed by atoms with Crippen LogP contribution >= 0.6 is 50.5 Å². The van der Waals surface area contributed by atoms with Gasteiger partial charge in [0.15, 0.2) is 0 Å². The molecule has 1 atom stereocenters. The monoisotopic (exact) mass is 443 g/mol. The van der Waals surface area contributed by atoms with Gasteiger partial charge in [0.25, 0.3) is 0 Å². The average Bonchev–Trinajstić information content (AvgIpc) is 3.12. The molecule has 9 heteroatoms. The topological polar surface area (TPSA) is 85.5 Å². The second-order valence-electron chi connectivity index (χ2n) is 4.92. The summed E-state index contributed by atoms with van der Waals surface area (Å²) in [7, 11) is 0. The molecule has 122 valence electrons. The predicted molar refractivity (Wildman–Crippen MR) is 98.2 cm³/mol. The van der Waals surface area contributed by atoms with Gasteiger partial charge in [0.05, 0.1) is 20.8 Å². The molecule has 0 amide bonds. The highest BCUT2D eigenvalue weighted by atomic mass is 79.9. The minimum Gasteiger partial charge on any atom is -0.480 e. The highest BCUT2D eigenvalue weighted by Crippen LogP contribution is 2.43. The Bertz CT molecular complexity index is 920. The molecule has 3 rings (SSSR count). The van der Waals surface area contributed by atoms with Crippen LogP contribution in [0.5, 0.6) is 0 Å². The van der Waals surface area contributed by atoms with Crippen molar-refractivity contribution in [2.45, 2.75) is 6.04 Å². The second kappa shape index (κ2) is 6.73. The highest BCUT2D eigenvalue weighted by molar-refractivity contribution is 9.11. The summed E-state index contributed by atoms with van der Waals surface area (Å²) in [5.74, 6) is -0.536. The van der Waals surface area contributed by atoms with Gasteiger partial charge in [0, 0.05) is 21.2 Å². The summed E-state index contributed by atoms with van der Waals surface area (Å²) in [6.07, 6.45) is 0. The SMILES string of the molecule is N#Cc1c(Br)sc(C2=NCC(C(=O)O)N2)c1-c1ccc(Cl)cc1Cl. The number of carboxylic acid groups (broad SMARTS) is 1. The molecule has 1 aromatic carbocycles. The average molecular weight is 445 g/mol. The lowest BCUT2D eigenvalue weighted by atomic mass is 10.0. The number of aliphatic carboxylic acids is 1. The number of hydrogen-bond acceptors (Lipinski definition) is 5. The van der Waals surface area contributed by atoms with Gasteiger partial charge in [-0.15, -0.1) is 11.3 Å². The van der Waals surface area contributed by atoms with Crippen LogP contribution in [0.15, 0.2) is 27.0 Å². The predicted octanol–water partition coefficient (Wildman–Crippen LogP) is 4.16. The van der Waals surface area contributed by atoms with E-state index in [1.807, 2.05) is 0 Å². The van der Waals surface area contributed by atoms with Crippen molar-refractivity contribution in [3.63, 3.8) is 0 Å². The Labute approximate surface area is 159 Å². The van der Waals surface area contributed by atoms with Gasteiger partial charge in [-0.2, -0.15) is 5.26 Å². The van der Waals surface area contributed by atoms with E-state index in [1.54, 1.807) is 18.2 Å². The van der Waals surface area contributed by atoms with Gasteiger partial charge in [0.1, 0.15) is 17.9 Å². The molecule has 0 fully saturated rings. The molecule has 0 bridgehead atoms. The number of benzene rings is 1. The molecule has 1 aliphatic rings. The Morgan fingerprint density at radius 3 is 2.83 bits per heavy atom. The Kier molecular flexibility index (Phi) is 4.83. The fourth-order valence-corrected chi connectivity index (χ4v) is 4.57. The fraction of sp³-hybridized carbons (Fsp3) is 0.133. The molecule has 5 nitrogen and oxygen atoms in total. The van der Waals surface area contributed by atoms with E-state index >= 15 is 0 Å². The maximum absolute atomic E-state index is 11.1. The minimum atomic E-state index is -0.976. The van der Waals surface area contributed by atoms with E-state index < -0.39 is 12.0 Å². The molecule has 0 saturated carbocycles. The molecular formula is C15H8BrCl2N3O2S. The van der Waals surface area contributed by atoms with Crippen molar-refractivity contribution >= 4 is 62.3 Å². The third kappa shape index (κ3) is 3.03. The Morgan fingerprint density at radius 2 is 2.25 bits per heavy atom. The summed E-state index contributed by atoms with van der Waals surface area (Å²) in [5.41, 5.74) is 1.66. The van der Waals surface area contributed by atoms with Gasteiger partial charge in [0.2, 0.25) is 0 Å². The summed E-state index contributed by atoms with van der Waals surface area (Å²) in [6, 6.07) is 6.39. The van der Waals surface area contributed by atoms with E-state index in [0.29, 0.717) is 41.2 Å². The van der Waals surface area contributed by atoms with Crippen LogP contribution in [0.25, 0.3) is 11.1 Å². The van der Waals surface area contributed by atoms with Crippen molar-refractivity contribution in [1.29, 1.82) is 5.26 Å². The largest absolute Gasteiger partial charge is 0.480 e. The van der Waals surface area contributed by atoms with E-state index in [4.69, 9.17) is 28.3 Å².